The summed E-state index contributed by atoms with van der Waals surface area (Å²) in [6.07, 6.45) is 0. The highest BCUT2D eigenvalue weighted by molar-refractivity contribution is 7.13. The molecule has 164 valence electrons. The van der Waals surface area contributed by atoms with Crippen molar-refractivity contribution in [1.82, 2.24) is 15.1 Å². The molecule has 0 aliphatic rings. The third-order valence-electron chi connectivity index (χ3n) is 4.81. The van der Waals surface area contributed by atoms with Crippen molar-refractivity contribution in [2.75, 3.05) is 32.1 Å². The van der Waals surface area contributed by atoms with E-state index >= 15 is 0 Å². The first-order valence-electron chi connectivity index (χ1n) is 10.2. The molecule has 32 heavy (non-hydrogen) atoms. The molecule has 0 radical (unpaired) electrons. The van der Waals surface area contributed by atoms with Crippen LogP contribution >= 0.6 is 11.3 Å². The maximum atomic E-state index is 12.7. The molecule has 0 saturated heterocycles. The summed E-state index contributed by atoms with van der Waals surface area (Å²) in [6, 6.07) is 21.8. The van der Waals surface area contributed by atoms with Crippen LogP contribution in [-0.4, -0.2) is 47.8 Å². The number of carbonyl (C=O) groups excluding carboxylic acids is 1. The van der Waals surface area contributed by atoms with Gasteiger partial charge in [0.2, 0.25) is 11.8 Å². The molecule has 0 spiro atoms. The smallest absolute Gasteiger partial charge is 0.257 e. The lowest BCUT2D eigenvalue weighted by Crippen LogP contribution is -2.35. The Morgan fingerprint density at radius 1 is 1.03 bits per heavy atom. The zero-order chi connectivity index (χ0) is 22.2. The number of rotatable bonds is 10. The number of nitrogens with one attached hydrogen (secondary N) is 1. The maximum absolute atomic E-state index is 12.7. The summed E-state index contributed by atoms with van der Waals surface area (Å²) < 4.78 is 11.0. The van der Waals surface area contributed by atoms with Gasteiger partial charge in [0.1, 0.15) is 0 Å². The van der Waals surface area contributed by atoms with Crippen LogP contribution in [0.5, 0.6) is 0 Å². The Hall–Kier alpha value is -3.33. The van der Waals surface area contributed by atoms with Crippen LogP contribution in [0.15, 0.2) is 76.5 Å². The molecule has 7 nitrogen and oxygen atoms in total. The van der Waals surface area contributed by atoms with E-state index in [1.807, 2.05) is 64.9 Å². The molecule has 0 fully saturated rings. The molecule has 8 heteroatoms. The van der Waals surface area contributed by atoms with Crippen LogP contribution in [0.2, 0.25) is 0 Å². The Labute approximate surface area is 190 Å². The van der Waals surface area contributed by atoms with Crippen molar-refractivity contribution in [1.29, 1.82) is 0 Å². The molecule has 0 aliphatic carbocycles. The van der Waals surface area contributed by atoms with E-state index in [0.717, 1.165) is 21.7 Å². The van der Waals surface area contributed by atoms with Crippen LogP contribution in [0, 0.1) is 0 Å². The van der Waals surface area contributed by atoms with E-state index < -0.39 is 0 Å². The molecule has 0 atom stereocenters. The minimum Gasteiger partial charge on any atom is -0.419 e. The molecular weight excluding hydrogens is 424 g/mol. The third kappa shape index (κ3) is 5.88. The average molecular weight is 449 g/mol. The van der Waals surface area contributed by atoms with Gasteiger partial charge >= 0.3 is 0 Å². The molecule has 0 bridgehead atoms. The average Bonchev–Trinajstić information content (AvgIpc) is 3.51. The van der Waals surface area contributed by atoms with E-state index in [0.29, 0.717) is 31.5 Å². The second-order valence-electron chi connectivity index (χ2n) is 7.17. The second-order valence-corrected chi connectivity index (χ2v) is 8.12. The van der Waals surface area contributed by atoms with Crippen LogP contribution in [0.25, 0.3) is 21.9 Å². The Balaban J connectivity index is 1.36. The van der Waals surface area contributed by atoms with Crippen molar-refractivity contribution in [3.8, 4) is 21.9 Å². The van der Waals surface area contributed by atoms with Gasteiger partial charge in [0.05, 0.1) is 24.6 Å². The number of ether oxygens (including phenoxy) is 1. The van der Waals surface area contributed by atoms with Gasteiger partial charge in [-0.1, -0.05) is 48.5 Å². The van der Waals surface area contributed by atoms with E-state index in [-0.39, 0.29) is 12.5 Å². The predicted molar refractivity (Wildman–Crippen MR) is 125 cm³/mol. The molecule has 0 aliphatic heterocycles. The Morgan fingerprint density at radius 2 is 1.81 bits per heavy atom. The van der Waals surface area contributed by atoms with Gasteiger partial charge in [0.25, 0.3) is 5.89 Å². The lowest BCUT2D eigenvalue weighted by molar-refractivity contribution is -0.117. The fourth-order valence-electron chi connectivity index (χ4n) is 3.22. The number of hydrogen-bond donors (Lipinski definition) is 1. The van der Waals surface area contributed by atoms with Crippen LogP contribution in [0.4, 0.5) is 5.69 Å². The predicted octanol–water partition coefficient (Wildman–Crippen LogP) is 4.55. The fraction of sp³-hybridized carbons (Fsp3) is 0.208. The summed E-state index contributed by atoms with van der Waals surface area (Å²) in [7, 11) is 1.63. The van der Waals surface area contributed by atoms with Gasteiger partial charge < -0.3 is 14.5 Å². The van der Waals surface area contributed by atoms with E-state index in [1.54, 1.807) is 7.11 Å². The zero-order valence-corrected chi connectivity index (χ0v) is 18.5. The number of nitrogens with zero attached hydrogens (tertiary/aromatic N) is 3. The number of carbonyl (C=O) groups is 1. The van der Waals surface area contributed by atoms with Crippen molar-refractivity contribution in [2.45, 2.75) is 6.54 Å². The molecule has 1 N–H and O–H groups in total. The largest absolute Gasteiger partial charge is 0.419 e. The number of thiophene rings is 1. The quantitative estimate of drug-likeness (QED) is 0.383. The zero-order valence-electron chi connectivity index (χ0n) is 17.7. The number of methoxy groups -OCH3 is 1. The minimum absolute atomic E-state index is 0.119. The normalized spacial score (nSPS) is 11.1. The lowest BCUT2D eigenvalue weighted by Gasteiger charge is -2.19. The number of aromatic nitrogens is 2. The molecule has 4 rings (SSSR count). The van der Waals surface area contributed by atoms with Crippen LogP contribution in [0.3, 0.4) is 0 Å². The summed E-state index contributed by atoms with van der Waals surface area (Å²) in [5, 5.41) is 13.1. The maximum Gasteiger partial charge on any atom is 0.257 e. The van der Waals surface area contributed by atoms with Crippen molar-refractivity contribution in [2.24, 2.45) is 0 Å². The molecule has 2 heterocycles. The van der Waals surface area contributed by atoms with E-state index in [4.69, 9.17) is 9.15 Å². The molecular formula is C24H24N4O3S. The van der Waals surface area contributed by atoms with Crippen molar-refractivity contribution < 1.29 is 13.9 Å². The summed E-state index contributed by atoms with van der Waals surface area (Å²) >= 11 is 1.54. The van der Waals surface area contributed by atoms with E-state index in [2.05, 4.69) is 27.6 Å². The molecule has 2 aromatic carbocycles. The fourth-order valence-corrected chi connectivity index (χ4v) is 3.87. The van der Waals surface area contributed by atoms with Gasteiger partial charge in [-0.15, -0.1) is 21.5 Å². The monoisotopic (exact) mass is 448 g/mol. The SMILES string of the molecule is COCCN(CC(=O)Nc1ccc(-c2ccccc2)cc1)Cc1nnc(-c2cccs2)o1. The first-order chi connectivity index (χ1) is 15.7. The molecule has 2 aromatic heterocycles. The van der Waals surface area contributed by atoms with E-state index in [1.165, 1.54) is 11.3 Å². The van der Waals surface area contributed by atoms with Crippen molar-refractivity contribution in [3.05, 3.63) is 78.0 Å². The first kappa shape index (κ1) is 21.9. The highest BCUT2D eigenvalue weighted by atomic mass is 32.1. The first-order valence-corrected chi connectivity index (χ1v) is 11.1. The van der Waals surface area contributed by atoms with Crippen LogP contribution < -0.4 is 5.32 Å². The Bertz CT molecular complexity index is 1110. The van der Waals surface area contributed by atoms with Crippen molar-refractivity contribution >= 4 is 22.9 Å². The van der Waals surface area contributed by atoms with Crippen LogP contribution in [0.1, 0.15) is 5.89 Å². The number of benzene rings is 2. The van der Waals surface area contributed by atoms with Gasteiger partial charge in [-0.05, 0) is 34.7 Å². The number of hydrogen-bond acceptors (Lipinski definition) is 7. The van der Waals surface area contributed by atoms with Crippen LogP contribution in [-0.2, 0) is 16.1 Å². The summed E-state index contributed by atoms with van der Waals surface area (Å²) in [6.45, 7) is 1.60. The number of anilines is 1. The second kappa shape index (κ2) is 10.8. The highest BCUT2D eigenvalue weighted by Gasteiger charge is 2.16. The molecule has 1 amide bonds. The van der Waals surface area contributed by atoms with Gasteiger partial charge in [-0.3, -0.25) is 9.69 Å². The summed E-state index contributed by atoms with van der Waals surface area (Å²) in [5.74, 6) is 0.834. The Kier molecular flexibility index (Phi) is 7.39. The molecule has 4 aromatic rings. The standard InChI is InChI=1S/C24H24N4O3S/c1-30-14-13-28(17-23-26-27-24(31-23)21-8-5-15-32-21)16-22(29)25-20-11-9-19(10-12-20)18-6-3-2-4-7-18/h2-12,15H,13-14,16-17H2,1H3,(H,25,29). The molecule has 0 unspecified atom stereocenters. The van der Waals surface area contributed by atoms with Gasteiger partial charge in [-0.2, -0.15) is 0 Å². The third-order valence-corrected chi connectivity index (χ3v) is 5.67. The topological polar surface area (TPSA) is 80.5 Å². The minimum atomic E-state index is -0.119. The van der Waals surface area contributed by atoms with E-state index in [9.17, 15) is 4.79 Å². The van der Waals surface area contributed by atoms with Gasteiger partial charge in [-0.25, -0.2) is 0 Å². The summed E-state index contributed by atoms with van der Waals surface area (Å²) in [5.41, 5.74) is 2.99. The van der Waals surface area contributed by atoms with Gasteiger partial charge in [0, 0.05) is 19.3 Å². The molecule has 0 saturated carbocycles. The number of amides is 1. The van der Waals surface area contributed by atoms with Gasteiger partial charge in [0.15, 0.2) is 0 Å². The van der Waals surface area contributed by atoms with Crippen molar-refractivity contribution in [3.63, 3.8) is 0 Å². The summed E-state index contributed by atoms with van der Waals surface area (Å²) in [4.78, 5) is 15.5. The Morgan fingerprint density at radius 3 is 2.53 bits per heavy atom. The lowest BCUT2D eigenvalue weighted by atomic mass is 10.1. The highest BCUT2D eigenvalue weighted by Crippen LogP contribution is 2.23.